The van der Waals surface area contributed by atoms with Crippen molar-refractivity contribution in [1.29, 1.82) is 0 Å². The summed E-state index contributed by atoms with van der Waals surface area (Å²) in [5.41, 5.74) is -0.275. The molecule has 1 amide bonds. The second kappa shape index (κ2) is 7.09. The van der Waals surface area contributed by atoms with Crippen molar-refractivity contribution in [2.45, 2.75) is 32.2 Å². The number of carbonyl (C=O) groups is 1. The number of ether oxygens (including phenoxy) is 1. The highest BCUT2D eigenvalue weighted by atomic mass is 35.5. The lowest BCUT2D eigenvalue weighted by molar-refractivity contribution is -0.127. The molecule has 0 aliphatic carbocycles. The van der Waals surface area contributed by atoms with Gasteiger partial charge in [0.25, 0.3) is 0 Å². The third-order valence-electron chi connectivity index (χ3n) is 2.63. The Morgan fingerprint density at radius 2 is 2.25 bits per heavy atom. The van der Waals surface area contributed by atoms with Crippen LogP contribution in [0.4, 0.5) is 0 Å². The van der Waals surface area contributed by atoms with Crippen LogP contribution in [0.3, 0.4) is 0 Å². The van der Waals surface area contributed by atoms with E-state index in [9.17, 15) is 4.79 Å². The Morgan fingerprint density at radius 3 is 2.75 bits per heavy atom. The zero-order valence-corrected chi connectivity index (χ0v) is 11.2. The lowest BCUT2D eigenvalue weighted by Gasteiger charge is -2.29. The van der Waals surface area contributed by atoms with Gasteiger partial charge in [0, 0.05) is 13.7 Å². The number of methoxy groups -OCH3 is 1. The standard InChI is InChI=1S/C11H22N2O2.ClH/c1-11(2,8-15-3)13-10(14)9-5-4-6-12-7-9;/h9,12H,4-8H2,1-3H3,(H,13,14);1H. The Bertz CT molecular complexity index is 216. The van der Waals surface area contributed by atoms with Gasteiger partial charge in [0.2, 0.25) is 5.91 Å². The maximum atomic E-state index is 11.9. The number of nitrogens with one attached hydrogen (secondary N) is 2. The molecule has 1 atom stereocenters. The van der Waals surface area contributed by atoms with Crippen LogP contribution in [0.15, 0.2) is 0 Å². The molecule has 1 aliphatic rings. The highest BCUT2D eigenvalue weighted by molar-refractivity contribution is 5.85. The minimum absolute atomic E-state index is 0. The monoisotopic (exact) mass is 250 g/mol. The first kappa shape index (κ1) is 15.7. The van der Waals surface area contributed by atoms with Gasteiger partial charge < -0.3 is 15.4 Å². The van der Waals surface area contributed by atoms with Gasteiger partial charge in [-0.3, -0.25) is 4.79 Å². The molecule has 1 unspecified atom stereocenters. The maximum Gasteiger partial charge on any atom is 0.224 e. The van der Waals surface area contributed by atoms with Crippen LogP contribution in [0.25, 0.3) is 0 Å². The molecule has 0 aromatic heterocycles. The number of halogens is 1. The zero-order chi connectivity index (χ0) is 11.3. The summed E-state index contributed by atoms with van der Waals surface area (Å²) in [5, 5.41) is 6.26. The SMILES string of the molecule is COCC(C)(C)NC(=O)C1CCCNC1.Cl. The molecule has 1 fully saturated rings. The van der Waals surface area contributed by atoms with Crippen LogP contribution in [0, 0.1) is 5.92 Å². The van der Waals surface area contributed by atoms with Crippen molar-refractivity contribution in [2.24, 2.45) is 5.92 Å². The fourth-order valence-electron chi connectivity index (χ4n) is 1.91. The van der Waals surface area contributed by atoms with E-state index in [0.717, 1.165) is 25.9 Å². The minimum Gasteiger partial charge on any atom is -0.382 e. The van der Waals surface area contributed by atoms with Gasteiger partial charge in [0.1, 0.15) is 0 Å². The number of hydrogen-bond donors (Lipinski definition) is 2. The second-order valence-electron chi connectivity index (χ2n) is 4.85. The summed E-state index contributed by atoms with van der Waals surface area (Å²) < 4.78 is 5.06. The molecule has 0 radical (unpaired) electrons. The fourth-order valence-corrected chi connectivity index (χ4v) is 1.91. The van der Waals surface area contributed by atoms with Gasteiger partial charge in [0.05, 0.1) is 18.1 Å². The number of hydrogen-bond acceptors (Lipinski definition) is 3. The third-order valence-corrected chi connectivity index (χ3v) is 2.63. The summed E-state index contributed by atoms with van der Waals surface area (Å²) in [7, 11) is 1.65. The lowest BCUT2D eigenvalue weighted by Crippen LogP contribution is -2.51. The Morgan fingerprint density at radius 1 is 1.56 bits per heavy atom. The van der Waals surface area contributed by atoms with E-state index in [-0.39, 0.29) is 29.8 Å². The molecule has 2 N–H and O–H groups in total. The minimum atomic E-state index is -0.275. The van der Waals surface area contributed by atoms with E-state index in [0.29, 0.717) is 6.61 Å². The van der Waals surface area contributed by atoms with Crippen LogP contribution < -0.4 is 10.6 Å². The summed E-state index contributed by atoms with van der Waals surface area (Å²) in [5.74, 6) is 0.263. The molecule has 96 valence electrons. The van der Waals surface area contributed by atoms with Gasteiger partial charge in [0.15, 0.2) is 0 Å². The fraction of sp³-hybridized carbons (Fsp3) is 0.909. The van der Waals surface area contributed by atoms with E-state index < -0.39 is 0 Å². The first-order valence-corrected chi connectivity index (χ1v) is 5.57. The molecule has 4 nitrogen and oxygen atoms in total. The Hall–Kier alpha value is -0.320. The Labute approximate surface area is 104 Å². The van der Waals surface area contributed by atoms with E-state index in [1.54, 1.807) is 7.11 Å². The van der Waals surface area contributed by atoms with Crippen molar-refractivity contribution >= 4 is 18.3 Å². The quantitative estimate of drug-likeness (QED) is 0.781. The van der Waals surface area contributed by atoms with Crippen LogP contribution in [0.2, 0.25) is 0 Å². The molecule has 1 rings (SSSR count). The van der Waals surface area contributed by atoms with Gasteiger partial charge in [-0.05, 0) is 33.2 Å². The van der Waals surface area contributed by atoms with E-state index in [2.05, 4.69) is 10.6 Å². The van der Waals surface area contributed by atoms with Crippen LogP contribution in [0.5, 0.6) is 0 Å². The van der Waals surface area contributed by atoms with Crippen molar-refractivity contribution in [3.63, 3.8) is 0 Å². The highest BCUT2D eigenvalue weighted by Crippen LogP contribution is 2.12. The first-order valence-electron chi connectivity index (χ1n) is 5.57. The molecule has 0 spiro atoms. The molecule has 1 heterocycles. The summed E-state index contributed by atoms with van der Waals surface area (Å²) in [6.07, 6.45) is 2.07. The molecule has 0 saturated carbocycles. The molecular weight excluding hydrogens is 228 g/mol. The average Bonchev–Trinajstić information content (AvgIpc) is 2.18. The molecule has 1 aliphatic heterocycles. The predicted octanol–water partition coefficient (Wildman–Crippen LogP) is 0.949. The van der Waals surface area contributed by atoms with Crippen LogP contribution in [-0.4, -0.2) is 38.3 Å². The Balaban J connectivity index is 0.00000225. The number of carbonyl (C=O) groups excluding carboxylic acids is 1. The molecule has 0 bridgehead atoms. The van der Waals surface area contributed by atoms with Crippen molar-refractivity contribution in [3.05, 3.63) is 0 Å². The molecule has 1 saturated heterocycles. The molecule has 0 aromatic carbocycles. The molecule has 16 heavy (non-hydrogen) atoms. The summed E-state index contributed by atoms with van der Waals surface area (Å²) in [6.45, 7) is 6.33. The number of rotatable bonds is 4. The van der Waals surface area contributed by atoms with Crippen molar-refractivity contribution in [1.82, 2.24) is 10.6 Å². The van der Waals surface area contributed by atoms with Gasteiger partial charge in [-0.2, -0.15) is 0 Å². The van der Waals surface area contributed by atoms with Gasteiger partial charge in [-0.15, -0.1) is 12.4 Å². The normalized spacial score (nSPS) is 21.1. The summed E-state index contributed by atoms with van der Waals surface area (Å²) >= 11 is 0. The van der Waals surface area contributed by atoms with Crippen molar-refractivity contribution in [3.8, 4) is 0 Å². The van der Waals surface area contributed by atoms with E-state index in [4.69, 9.17) is 4.74 Å². The number of piperidine rings is 1. The van der Waals surface area contributed by atoms with Crippen LogP contribution in [0.1, 0.15) is 26.7 Å². The Kier molecular flexibility index (Phi) is 6.95. The van der Waals surface area contributed by atoms with Crippen LogP contribution in [-0.2, 0) is 9.53 Å². The van der Waals surface area contributed by atoms with Gasteiger partial charge in [-0.1, -0.05) is 0 Å². The predicted molar refractivity (Wildman–Crippen MR) is 66.9 cm³/mol. The lowest BCUT2D eigenvalue weighted by atomic mass is 9.97. The largest absolute Gasteiger partial charge is 0.382 e. The molecule has 5 heteroatoms. The van der Waals surface area contributed by atoms with Crippen molar-refractivity contribution in [2.75, 3.05) is 26.8 Å². The van der Waals surface area contributed by atoms with Crippen molar-refractivity contribution < 1.29 is 9.53 Å². The first-order chi connectivity index (χ1) is 7.05. The van der Waals surface area contributed by atoms with E-state index in [1.165, 1.54) is 0 Å². The molecule has 0 aromatic rings. The van der Waals surface area contributed by atoms with Crippen LogP contribution >= 0.6 is 12.4 Å². The van der Waals surface area contributed by atoms with Gasteiger partial charge >= 0.3 is 0 Å². The topological polar surface area (TPSA) is 50.4 Å². The third kappa shape index (κ3) is 5.14. The second-order valence-corrected chi connectivity index (χ2v) is 4.85. The summed E-state index contributed by atoms with van der Waals surface area (Å²) in [4.78, 5) is 11.9. The zero-order valence-electron chi connectivity index (χ0n) is 10.3. The van der Waals surface area contributed by atoms with Gasteiger partial charge in [-0.25, -0.2) is 0 Å². The smallest absolute Gasteiger partial charge is 0.224 e. The number of amides is 1. The summed E-state index contributed by atoms with van der Waals surface area (Å²) in [6, 6.07) is 0. The van der Waals surface area contributed by atoms with E-state index in [1.807, 2.05) is 13.8 Å². The maximum absolute atomic E-state index is 11.9. The highest BCUT2D eigenvalue weighted by Gasteiger charge is 2.26. The molecular formula is C11H23ClN2O2. The average molecular weight is 251 g/mol. The van der Waals surface area contributed by atoms with E-state index >= 15 is 0 Å².